The number of aromatic amines is 1. The summed E-state index contributed by atoms with van der Waals surface area (Å²) < 4.78 is 15.9. The first-order valence-corrected chi connectivity index (χ1v) is 8.94. The molecular weight excluding hydrogens is 407 g/mol. The first-order chi connectivity index (χ1) is 11.4. The second-order valence-corrected chi connectivity index (χ2v) is 7.25. The number of nitrogens with one attached hydrogen (secondary N) is 1. The SMILES string of the molecule is N#CCCOP(N)OC[C@H]1O[C@@](Br)(n2ccc(=O)[nH]c2=O)C[C@@H]1O. The van der Waals surface area contributed by atoms with Crippen LogP contribution in [0.25, 0.3) is 0 Å². The maximum absolute atomic E-state index is 11.9. The molecule has 12 heteroatoms. The van der Waals surface area contributed by atoms with Crippen LogP contribution in [0.4, 0.5) is 0 Å². The number of ether oxygens (including phenoxy) is 1. The van der Waals surface area contributed by atoms with Gasteiger partial charge >= 0.3 is 5.69 Å². The molecule has 1 aromatic heterocycles. The van der Waals surface area contributed by atoms with Gasteiger partial charge in [-0.2, -0.15) is 5.26 Å². The Bertz CT molecular complexity index is 720. The lowest BCUT2D eigenvalue weighted by Crippen LogP contribution is -2.40. The number of halogens is 1. The quantitative estimate of drug-likeness (QED) is 0.310. The number of rotatable bonds is 7. The van der Waals surface area contributed by atoms with E-state index in [-0.39, 0.29) is 26.1 Å². The van der Waals surface area contributed by atoms with Gasteiger partial charge in [-0.05, 0) is 15.9 Å². The lowest BCUT2D eigenvalue weighted by molar-refractivity contribution is -0.0566. The van der Waals surface area contributed by atoms with E-state index in [0.29, 0.717) is 0 Å². The molecule has 0 aromatic carbocycles. The van der Waals surface area contributed by atoms with Gasteiger partial charge in [0.25, 0.3) is 14.1 Å². The molecule has 132 valence electrons. The van der Waals surface area contributed by atoms with E-state index in [0.717, 1.165) is 4.57 Å². The van der Waals surface area contributed by atoms with E-state index in [2.05, 4.69) is 20.9 Å². The molecule has 1 aliphatic heterocycles. The van der Waals surface area contributed by atoms with Crippen LogP contribution in [0.2, 0.25) is 0 Å². The molecule has 0 radical (unpaired) electrons. The number of hydrogen-bond acceptors (Lipinski definition) is 8. The van der Waals surface area contributed by atoms with Gasteiger partial charge in [-0.15, -0.1) is 0 Å². The van der Waals surface area contributed by atoms with Crippen LogP contribution in [0.1, 0.15) is 12.8 Å². The van der Waals surface area contributed by atoms with Crippen molar-refractivity contribution in [3.8, 4) is 6.07 Å². The monoisotopic (exact) mass is 422 g/mol. The molecule has 1 aromatic rings. The minimum Gasteiger partial charge on any atom is -0.390 e. The van der Waals surface area contributed by atoms with Gasteiger partial charge in [-0.1, -0.05) is 0 Å². The predicted octanol–water partition coefficient (Wildman–Crippen LogP) is -0.176. The molecule has 1 fully saturated rings. The summed E-state index contributed by atoms with van der Waals surface area (Å²) in [5.41, 5.74) is 4.42. The minimum atomic E-state index is -1.70. The highest BCUT2D eigenvalue weighted by atomic mass is 79.9. The average molecular weight is 423 g/mol. The van der Waals surface area contributed by atoms with E-state index in [1.807, 2.05) is 6.07 Å². The standard InChI is InChI=1S/C12H16BrN4O6P/c13-12(17-4-2-10(19)16-11(17)20)6-8(18)9(23-12)7-22-24(15)21-5-1-3-14/h2,4,8-9,18H,1,5-7,15H2,(H,16,19,20)/t8-,9+,12-,24?/m0/s1. The maximum Gasteiger partial charge on any atom is 0.331 e. The smallest absolute Gasteiger partial charge is 0.331 e. The van der Waals surface area contributed by atoms with Crippen LogP contribution in [0.15, 0.2) is 21.9 Å². The number of nitrogens with two attached hydrogens (primary N) is 1. The van der Waals surface area contributed by atoms with Crippen LogP contribution in [0, 0.1) is 11.3 Å². The average Bonchev–Trinajstić information content (AvgIpc) is 2.80. The van der Waals surface area contributed by atoms with E-state index >= 15 is 0 Å². The van der Waals surface area contributed by atoms with Crippen LogP contribution in [-0.4, -0.2) is 40.1 Å². The van der Waals surface area contributed by atoms with Gasteiger partial charge in [0.1, 0.15) is 6.10 Å². The van der Waals surface area contributed by atoms with Crippen molar-refractivity contribution in [3.05, 3.63) is 33.1 Å². The second-order valence-electron chi connectivity index (χ2n) is 4.92. The fourth-order valence-electron chi connectivity index (χ4n) is 2.09. The topological polar surface area (TPSA) is 153 Å². The van der Waals surface area contributed by atoms with Gasteiger partial charge in [0, 0.05) is 18.7 Å². The Labute approximate surface area is 146 Å². The van der Waals surface area contributed by atoms with Crippen molar-refractivity contribution in [1.29, 1.82) is 5.26 Å². The molecular formula is C12H16BrN4O6P. The Kier molecular flexibility index (Phi) is 6.65. The molecule has 1 saturated heterocycles. The van der Waals surface area contributed by atoms with E-state index in [1.165, 1.54) is 12.3 Å². The molecule has 0 aliphatic carbocycles. The zero-order valence-electron chi connectivity index (χ0n) is 12.4. The summed E-state index contributed by atoms with van der Waals surface area (Å²) in [6, 6.07) is 3.08. The predicted molar refractivity (Wildman–Crippen MR) is 87.0 cm³/mol. The summed E-state index contributed by atoms with van der Waals surface area (Å²) in [6.07, 6.45) is -0.152. The van der Waals surface area contributed by atoms with E-state index in [1.54, 1.807) is 0 Å². The van der Waals surface area contributed by atoms with Crippen molar-refractivity contribution in [2.75, 3.05) is 13.2 Å². The largest absolute Gasteiger partial charge is 0.390 e. The first-order valence-electron chi connectivity index (χ1n) is 6.90. The maximum atomic E-state index is 11.9. The molecule has 1 unspecified atom stereocenters. The Balaban J connectivity index is 1.97. The summed E-state index contributed by atoms with van der Waals surface area (Å²) in [5.74, 6) is 0. The molecule has 24 heavy (non-hydrogen) atoms. The fourth-order valence-corrected chi connectivity index (χ4v) is 3.58. The molecule has 0 saturated carbocycles. The van der Waals surface area contributed by atoms with Crippen molar-refractivity contribution in [2.24, 2.45) is 5.50 Å². The summed E-state index contributed by atoms with van der Waals surface area (Å²) >= 11 is 3.28. The number of hydrogen-bond donors (Lipinski definition) is 3. The molecule has 4 N–H and O–H groups in total. The fraction of sp³-hybridized carbons (Fsp3) is 0.583. The summed E-state index contributed by atoms with van der Waals surface area (Å²) in [6.45, 7) is 0.101. The number of nitrogens with zero attached hydrogens (tertiary/aromatic N) is 2. The van der Waals surface area contributed by atoms with Gasteiger partial charge in [0.2, 0.25) is 4.63 Å². The third-order valence-electron chi connectivity index (χ3n) is 3.20. The Morgan fingerprint density at radius 2 is 2.38 bits per heavy atom. The third-order valence-corrected chi connectivity index (χ3v) is 4.94. The van der Waals surface area contributed by atoms with E-state index < -0.39 is 36.6 Å². The summed E-state index contributed by atoms with van der Waals surface area (Å²) in [7, 11) is -1.70. The number of H-pyrrole nitrogens is 1. The third kappa shape index (κ3) is 4.70. The van der Waals surface area contributed by atoms with Crippen molar-refractivity contribution in [3.63, 3.8) is 0 Å². The zero-order valence-corrected chi connectivity index (χ0v) is 14.9. The van der Waals surface area contributed by atoms with Gasteiger partial charge in [0.05, 0.1) is 31.8 Å². The van der Waals surface area contributed by atoms with Crippen molar-refractivity contribution >= 4 is 24.5 Å². The lowest BCUT2D eigenvalue weighted by atomic mass is 10.2. The minimum absolute atomic E-state index is 0.0542. The molecule has 2 rings (SSSR count). The molecule has 2 heterocycles. The van der Waals surface area contributed by atoms with Gasteiger partial charge in [-0.3, -0.25) is 19.8 Å². The van der Waals surface area contributed by atoms with Gasteiger partial charge in [0.15, 0.2) is 0 Å². The van der Waals surface area contributed by atoms with Crippen molar-refractivity contribution < 1.29 is 18.9 Å². The molecule has 0 spiro atoms. The van der Waals surface area contributed by atoms with Crippen LogP contribution >= 0.6 is 24.5 Å². The van der Waals surface area contributed by atoms with Crippen LogP contribution in [0.5, 0.6) is 0 Å². The normalized spacial score (nSPS) is 27.8. The highest BCUT2D eigenvalue weighted by Crippen LogP contribution is 2.40. The number of nitriles is 1. The zero-order chi connectivity index (χ0) is 17.7. The van der Waals surface area contributed by atoms with Crippen LogP contribution < -0.4 is 16.8 Å². The van der Waals surface area contributed by atoms with Gasteiger partial charge in [-0.25, -0.2) is 4.79 Å². The molecule has 1 aliphatic rings. The number of alkyl halides is 1. The highest BCUT2D eigenvalue weighted by molar-refractivity contribution is 9.09. The van der Waals surface area contributed by atoms with E-state index in [9.17, 15) is 14.7 Å². The van der Waals surface area contributed by atoms with Crippen LogP contribution in [-0.2, 0) is 18.4 Å². The Hall–Kier alpha value is -1.12. The highest BCUT2D eigenvalue weighted by Gasteiger charge is 2.46. The molecule has 4 atom stereocenters. The number of aliphatic hydroxyl groups excluding tert-OH is 1. The number of aromatic nitrogens is 2. The van der Waals surface area contributed by atoms with Crippen LogP contribution in [0.3, 0.4) is 0 Å². The van der Waals surface area contributed by atoms with E-state index in [4.69, 9.17) is 24.6 Å². The van der Waals surface area contributed by atoms with Crippen molar-refractivity contribution in [2.45, 2.75) is 29.7 Å². The molecule has 0 amide bonds. The second kappa shape index (κ2) is 8.31. The van der Waals surface area contributed by atoms with Gasteiger partial charge < -0.3 is 18.9 Å². The Morgan fingerprint density at radius 3 is 3.04 bits per heavy atom. The lowest BCUT2D eigenvalue weighted by Gasteiger charge is -2.24. The Morgan fingerprint density at radius 1 is 1.62 bits per heavy atom. The van der Waals surface area contributed by atoms with Crippen molar-refractivity contribution in [1.82, 2.24) is 9.55 Å². The molecule has 10 nitrogen and oxygen atoms in total. The summed E-state index contributed by atoms with van der Waals surface area (Å²) in [5, 5.41) is 18.5. The number of aliphatic hydroxyl groups is 1. The molecule has 0 bridgehead atoms. The first kappa shape index (κ1) is 19.2. The summed E-state index contributed by atoms with van der Waals surface area (Å²) in [4.78, 5) is 25.1.